The third-order valence-electron chi connectivity index (χ3n) is 1.52. The molecule has 0 saturated carbocycles. The van der Waals surface area contributed by atoms with Crippen LogP contribution >= 0.6 is 19.1 Å². The summed E-state index contributed by atoms with van der Waals surface area (Å²) in [6.45, 7) is 6.26. The summed E-state index contributed by atoms with van der Waals surface area (Å²) in [6, 6.07) is 0. The fourth-order valence-corrected chi connectivity index (χ4v) is 1.85. The molecule has 0 aliphatic rings. The van der Waals surface area contributed by atoms with E-state index in [0.29, 0.717) is 18.3 Å². The van der Waals surface area contributed by atoms with Gasteiger partial charge >= 0.3 is 7.52 Å². The van der Waals surface area contributed by atoms with Gasteiger partial charge in [-0.25, -0.2) is 0 Å². The van der Waals surface area contributed by atoms with Gasteiger partial charge in [-0.3, -0.25) is 4.57 Å². The second-order valence-corrected chi connectivity index (χ2v) is 5.00. The maximum absolute atomic E-state index is 11.0. The second-order valence-electron chi connectivity index (χ2n) is 2.75. The highest BCUT2D eigenvalue weighted by Gasteiger charge is 2.10. The van der Waals surface area contributed by atoms with Crippen molar-refractivity contribution in [3.8, 4) is 0 Å². The largest absolute Gasteiger partial charge is 0.359 e. The topological polar surface area (TPSA) is 52.9 Å². The summed E-state index contributed by atoms with van der Waals surface area (Å²) in [5.41, 5.74) is 0. The molecule has 0 aromatic heterocycles. The molecule has 0 spiro atoms. The van der Waals surface area contributed by atoms with Crippen LogP contribution in [-0.4, -0.2) is 41.3 Å². The molecular formula is C7H16ClN2O2P. The molecule has 78 valence electrons. The van der Waals surface area contributed by atoms with E-state index in [2.05, 4.69) is 4.76 Å². The van der Waals surface area contributed by atoms with E-state index in [4.69, 9.17) is 16.5 Å². The number of hydrogen-bond donors (Lipinski definition) is 1. The molecule has 0 aromatic rings. The van der Waals surface area contributed by atoms with Crippen LogP contribution < -0.4 is 0 Å². The minimum absolute atomic E-state index is 0.486. The van der Waals surface area contributed by atoms with E-state index in [9.17, 15) is 4.57 Å². The summed E-state index contributed by atoms with van der Waals surface area (Å²) in [6.07, 6.45) is 0. The molecule has 0 aliphatic carbocycles. The predicted octanol–water partition coefficient (Wildman–Crippen LogP) is 1.78. The van der Waals surface area contributed by atoms with E-state index in [1.807, 2.05) is 11.8 Å². The highest BCUT2D eigenvalue weighted by Crippen LogP contribution is 2.37. The Labute approximate surface area is 84.1 Å². The van der Waals surface area contributed by atoms with Crippen LogP contribution in [0, 0.1) is 0 Å². The van der Waals surface area contributed by atoms with Crippen LogP contribution in [0.5, 0.6) is 0 Å². The monoisotopic (exact) mass is 226 g/mol. The van der Waals surface area contributed by atoms with Crippen LogP contribution in [0.4, 0.5) is 0 Å². The van der Waals surface area contributed by atoms with Crippen molar-refractivity contribution in [2.45, 2.75) is 13.8 Å². The Morgan fingerprint density at radius 1 is 1.69 bits per heavy atom. The smallest absolute Gasteiger partial charge is 0.310 e. The van der Waals surface area contributed by atoms with Gasteiger partial charge in [-0.2, -0.15) is 4.76 Å². The van der Waals surface area contributed by atoms with E-state index >= 15 is 0 Å². The third kappa shape index (κ3) is 6.08. The van der Waals surface area contributed by atoms with Crippen molar-refractivity contribution in [3.05, 3.63) is 0 Å². The molecule has 0 aromatic carbocycles. The third-order valence-corrected chi connectivity index (χ3v) is 2.35. The lowest BCUT2D eigenvalue weighted by Gasteiger charge is -2.21. The summed E-state index contributed by atoms with van der Waals surface area (Å²) in [4.78, 5) is 10.9. The Bertz CT molecular complexity index is 227. The van der Waals surface area contributed by atoms with Crippen LogP contribution in [0.15, 0.2) is 4.76 Å². The van der Waals surface area contributed by atoms with Gasteiger partial charge in [-0.05, 0) is 13.8 Å². The molecule has 1 atom stereocenters. The maximum Gasteiger partial charge on any atom is 0.310 e. The van der Waals surface area contributed by atoms with Crippen molar-refractivity contribution in [3.63, 3.8) is 0 Å². The Morgan fingerprint density at radius 3 is 2.54 bits per heavy atom. The summed E-state index contributed by atoms with van der Waals surface area (Å²) in [5, 5.41) is 0. The first-order valence-electron chi connectivity index (χ1n) is 4.08. The number of nitrogens with zero attached hydrogens (tertiary/aromatic N) is 2. The fourth-order valence-electron chi connectivity index (χ4n) is 0.983. The molecule has 0 fully saturated rings. The molecule has 1 unspecified atom stereocenters. The van der Waals surface area contributed by atoms with Gasteiger partial charge < -0.3 is 9.79 Å². The average molecular weight is 227 g/mol. The van der Waals surface area contributed by atoms with Crippen molar-refractivity contribution < 1.29 is 9.46 Å². The van der Waals surface area contributed by atoms with E-state index in [1.54, 1.807) is 6.92 Å². The Hall–Kier alpha value is -0.0500. The second kappa shape index (κ2) is 5.63. The summed E-state index contributed by atoms with van der Waals surface area (Å²) in [5.74, 6) is 1.05. The van der Waals surface area contributed by atoms with Crippen LogP contribution in [0.25, 0.3) is 0 Å². The normalized spacial score (nSPS) is 16.8. The number of alkyl halides is 1. The number of halogens is 1. The number of hydrogen-bond acceptors (Lipinski definition) is 1. The lowest BCUT2D eigenvalue weighted by Crippen LogP contribution is -2.30. The quantitative estimate of drug-likeness (QED) is 0.344. The highest BCUT2D eigenvalue weighted by molar-refractivity contribution is 7.55. The molecule has 13 heavy (non-hydrogen) atoms. The van der Waals surface area contributed by atoms with Crippen LogP contribution in [-0.2, 0) is 4.57 Å². The fraction of sp³-hybridized carbons (Fsp3) is 0.857. The SMILES string of the molecule is CCN(CCCl)C(C)=NP(C)(=O)O. The highest BCUT2D eigenvalue weighted by atomic mass is 35.5. The summed E-state index contributed by atoms with van der Waals surface area (Å²) in [7, 11) is -3.31. The lowest BCUT2D eigenvalue weighted by molar-refractivity contribution is 0.459. The standard InChI is InChI=1S/C7H16ClN2O2P/c1-4-10(6-5-8)7(2)9-13(3,11)12/h4-6H2,1-3H3,(H,11,12). The van der Waals surface area contributed by atoms with Gasteiger partial charge in [-0.15, -0.1) is 11.6 Å². The van der Waals surface area contributed by atoms with E-state index in [0.717, 1.165) is 6.54 Å². The zero-order chi connectivity index (χ0) is 10.5. The van der Waals surface area contributed by atoms with Crippen LogP contribution in [0.3, 0.4) is 0 Å². The molecule has 0 rings (SSSR count). The van der Waals surface area contributed by atoms with Crippen LogP contribution in [0.2, 0.25) is 0 Å². The van der Waals surface area contributed by atoms with Gasteiger partial charge in [0.25, 0.3) is 0 Å². The van der Waals surface area contributed by atoms with Gasteiger partial charge in [-0.1, -0.05) is 0 Å². The van der Waals surface area contributed by atoms with E-state index in [1.165, 1.54) is 6.66 Å². The first-order chi connectivity index (χ1) is 5.90. The zero-order valence-electron chi connectivity index (χ0n) is 8.20. The first-order valence-corrected chi connectivity index (χ1v) is 6.68. The van der Waals surface area contributed by atoms with E-state index < -0.39 is 7.52 Å². The molecule has 0 aliphatic heterocycles. The maximum atomic E-state index is 11.0. The molecule has 4 nitrogen and oxygen atoms in total. The van der Waals surface area contributed by atoms with Crippen molar-refractivity contribution in [2.24, 2.45) is 4.76 Å². The minimum Gasteiger partial charge on any atom is -0.359 e. The molecule has 6 heteroatoms. The average Bonchev–Trinajstić information content (AvgIpc) is 1.96. The molecule has 0 bridgehead atoms. The molecule has 0 saturated heterocycles. The zero-order valence-corrected chi connectivity index (χ0v) is 9.85. The van der Waals surface area contributed by atoms with Gasteiger partial charge in [0.05, 0.1) is 0 Å². The van der Waals surface area contributed by atoms with E-state index in [-0.39, 0.29) is 0 Å². The van der Waals surface area contributed by atoms with Crippen molar-refractivity contribution >= 4 is 25.0 Å². The minimum atomic E-state index is -3.31. The van der Waals surface area contributed by atoms with Crippen molar-refractivity contribution in [2.75, 3.05) is 25.6 Å². The summed E-state index contributed by atoms with van der Waals surface area (Å²) < 4.78 is 14.7. The lowest BCUT2D eigenvalue weighted by atomic mass is 10.5. The molecule has 0 heterocycles. The Morgan fingerprint density at radius 2 is 2.23 bits per heavy atom. The Kier molecular flexibility index (Phi) is 5.61. The van der Waals surface area contributed by atoms with Crippen molar-refractivity contribution in [1.29, 1.82) is 0 Å². The predicted molar refractivity (Wildman–Crippen MR) is 56.8 cm³/mol. The van der Waals surface area contributed by atoms with Crippen LogP contribution in [0.1, 0.15) is 13.8 Å². The molecule has 0 amide bonds. The van der Waals surface area contributed by atoms with Gasteiger partial charge in [0.2, 0.25) is 0 Å². The van der Waals surface area contributed by atoms with Gasteiger partial charge in [0.15, 0.2) is 0 Å². The molecular weight excluding hydrogens is 211 g/mol. The Balaban J connectivity index is 4.44. The van der Waals surface area contributed by atoms with Crippen molar-refractivity contribution in [1.82, 2.24) is 4.90 Å². The molecule has 0 radical (unpaired) electrons. The van der Waals surface area contributed by atoms with Gasteiger partial charge in [0, 0.05) is 25.6 Å². The molecule has 1 N–H and O–H groups in total. The summed E-state index contributed by atoms with van der Waals surface area (Å²) >= 11 is 5.56. The number of rotatable bonds is 4. The number of amidine groups is 1. The van der Waals surface area contributed by atoms with Gasteiger partial charge in [0.1, 0.15) is 5.84 Å². The first kappa shape index (κ1) is 12.9.